The molecule has 3 nitrogen and oxygen atoms in total. The molecule has 0 heterocycles. The van der Waals surface area contributed by atoms with Crippen molar-refractivity contribution in [1.29, 1.82) is 0 Å². The van der Waals surface area contributed by atoms with Crippen LogP contribution in [0, 0.1) is 6.42 Å². The zero-order chi connectivity index (χ0) is 13.3. The smallest absolute Gasteiger partial charge is 0.270 e. The van der Waals surface area contributed by atoms with Gasteiger partial charge in [0.15, 0.2) is 0 Å². The topological polar surface area (TPSA) is 43.4 Å². The normalized spacial score (nSPS) is 18.1. The predicted octanol–water partition coefficient (Wildman–Crippen LogP) is 3.84. The van der Waals surface area contributed by atoms with E-state index in [9.17, 15) is 8.42 Å². The average molecular weight is 275 g/mol. The van der Waals surface area contributed by atoms with Crippen molar-refractivity contribution in [3.05, 3.63) is 6.42 Å². The van der Waals surface area contributed by atoms with Crippen LogP contribution in [0.2, 0.25) is 0 Å². The second-order valence-corrected chi connectivity index (χ2v) is 6.97. The molecule has 1 atom stereocenters. The third-order valence-corrected chi connectivity index (χ3v) is 5.15. The molecule has 0 amide bonds. The molecule has 107 valence electrons. The minimum Gasteiger partial charge on any atom is -0.270 e. The van der Waals surface area contributed by atoms with E-state index in [2.05, 4.69) is 6.92 Å². The summed E-state index contributed by atoms with van der Waals surface area (Å²) in [5.74, 6) is 0. The zero-order valence-corrected chi connectivity index (χ0v) is 12.4. The fourth-order valence-electron chi connectivity index (χ4n) is 2.32. The van der Waals surface area contributed by atoms with E-state index in [4.69, 9.17) is 4.18 Å². The molecule has 0 saturated heterocycles. The average Bonchev–Trinajstić information content (AvgIpc) is 2.39. The van der Waals surface area contributed by atoms with Crippen LogP contribution in [-0.4, -0.2) is 20.3 Å². The predicted molar refractivity (Wildman–Crippen MR) is 74.8 cm³/mol. The fourth-order valence-corrected chi connectivity index (χ4v) is 3.67. The van der Waals surface area contributed by atoms with Crippen LogP contribution in [0.25, 0.3) is 0 Å². The van der Waals surface area contributed by atoms with Crippen LogP contribution in [0.15, 0.2) is 0 Å². The molecule has 0 aromatic heterocycles. The van der Waals surface area contributed by atoms with Crippen molar-refractivity contribution in [1.82, 2.24) is 0 Å². The summed E-state index contributed by atoms with van der Waals surface area (Å²) >= 11 is 0. The number of unbranched alkanes of at least 4 members (excludes halogenated alkanes) is 5. The standard InChI is InChI=1S/C14H27O3S/c1-2-3-4-5-6-10-13-17-18(15,16)14-11-8-7-9-12-14/h11,14H,2-10,12-13H2,1H3. The van der Waals surface area contributed by atoms with E-state index < -0.39 is 10.1 Å². The molecule has 18 heavy (non-hydrogen) atoms. The molecule has 1 aliphatic carbocycles. The molecule has 1 saturated carbocycles. The number of hydrogen-bond acceptors (Lipinski definition) is 3. The van der Waals surface area contributed by atoms with Gasteiger partial charge in [0, 0.05) is 0 Å². The zero-order valence-electron chi connectivity index (χ0n) is 11.6. The summed E-state index contributed by atoms with van der Waals surface area (Å²) in [6.07, 6.45) is 12.5. The third-order valence-electron chi connectivity index (χ3n) is 3.49. The van der Waals surface area contributed by atoms with E-state index in [0.29, 0.717) is 6.61 Å². The maximum Gasteiger partial charge on any atom is 0.270 e. The van der Waals surface area contributed by atoms with Gasteiger partial charge >= 0.3 is 0 Å². The SMILES string of the molecule is CCCCCCCCOS(=O)(=O)C1[CH]CCCC1. The van der Waals surface area contributed by atoms with E-state index >= 15 is 0 Å². The summed E-state index contributed by atoms with van der Waals surface area (Å²) in [4.78, 5) is 0. The second kappa shape index (κ2) is 8.92. The van der Waals surface area contributed by atoms with Crippen LogP contribution in [0.1, 0.15) is 71.1 Å². The van der Waals surface area contributed by atoms with E-state index in [0.717, 1.165) is 38.5 Å². The summed E-state index contributed by atoms with van der Waals surface area (Å²) in [5, 5.41) is -0.355. The van der Waals surface area contributed by atoms with Crippen LogP contribution < -0.4 is 0 Å². The molecule has 0 spiro atoms. The largest absolute Gasteiger partial charge is 0.270 e. The molecular formula is C14H27O3S. The first-order valence-corrected chi connectivity index (χ1v) is 8.85. The molecule has 0 aliphatic heterocycles. The van der Waals surface area contributed by atoms with Crippen molar-refractivity contribution < 1.29 is 12.6 Å². The van der Waals surface area contributed by atoms with E-state index in [1.54, 1.807) is 0 Å². The lowest BCUT2D eigenvalue weighted by atomic mass is 10.0. The summed E-state index contributed by atoms with van der Waals surface area (Å²) < 4.78 is 28.9. The lowest BCUT2D eigenvalue weighted by Crippen LogP contribution is -2.26. The van der Waals surface area contributed by atoms with Gasteiger partial charge < -0.3 is 0 Å². The van der Waals surface area contributed by atoms with Crippen LogP contribution in [0.4, 0.5) is 0 Å². The number of rotatable bonds is 9. The van der Waals surface area contributed by atoms with Crippen molar-refractivity contribution in [2.75, 3.05) is 6.61 Å². The third kappa shape index (κ3) is 6.19. The summed E-state index contributed by atoms with van der Waals surface area (Å²) in [6.45, 7) is 2.55. The van der Waals surface area contributed by atoms with Crippen molar-refractivity contribution in [3.63, 3.8) is 0 Å². The number of hydrogen-bond donors (Lipinski definition) is 0. The molecule has 1 fully saturated rings. The van der Waals surface area contributed by atoms with E-state index in [1.165, 1.54) is 25.7 Å². The van der Waals surface area contributed by atoms with Gasteiger partial charge in [-0.15, -0.1) is 0 Å². The van der Waals surface area contributed by atoms with Gasteiger partial charge in [0.2, 0.25) is 0 Å². The highest BCUT2D eigenvalue weighted by atomic mass is 32.2. The van der Waals surface area contributed by atoms with Gasteiger partial charge in [-0.2, -0.15) is 8.42 Å². The van der Waals surface area contributed by atoms with Gasteiger partial charge in [-0.3, -0.25) is 4.18 Å². The lowest BCUT2D eigenvalue weighted by Gasteiger charge is -2.20. The summed E-state index contributed by atoms with van der Waals surface area (Å²) in [6, 6.07) is 0. The second-order valence-electron chi connectivity index (χ2n) is 5.14. The first-order chi connectivity index (χ1) is 8.67. The van der Waals surface area contributed by atoms with Gasteiger partial charge in [-0.1, -0.05) is 51.9 Å². The van der Waals surface area contributed by atoms with E-state index in [-0.39, 0.29) is 5.25 Å². The van der Waals surface area contributed by atoms with Crippen LogP contribution >= 0.6 is 0 Å². The van der Waals surface area contributed by atoms with Crippen LogP contribution in [0.5, 0.6) is 0 Å². The molecule has 1 radical (unpaired) electrons. The highest BCUT2D eigenvalue weighted by Crippen LogP contribution is 2.24. The van der Waals surface area contributed by atoms with Crippen molar-refractivity contribution in [2.24, 2.45) is 0 Å². The summed E-state index contributed by atoms with van der Waals surface area (Å²) in [5.41, 5.74) is 0. The Hall–Kier alpha value is -0.0900. The van der Waals surface area contributed by atoms with Gasteiger partial charge in [-0.25, -0.2) is 0 Å². The Bertz CT molecular complexity index is 292. The summed E-state index contributed by atoms with van der Waals surface area (Å²) in [7, 11) is -3.34. The van der Waals surface area contributed by atoms with Crippen molar-refractivity contribution in [2.45, 2.75) is 76.4 Å². The molecule has 0 aromatic rings. The van der Waals surface area contributed by atoms with Gasteiger partial charge in [0.05, 0.1) is 11.9 Å². The minimum atomic E-state index is -3.34. The Morgan fingerprint density at radius 2 is 1.83 bits per heavy atom. The Morgan fingerprint density at radius 1 is 1.11 bits per heavy atom. The Morgan fingerprint density at radius 3 is 2.50 bits per heavy atom. The highest BCUT2D eigenvalue weighted by Gasteiger charge is 2.27. The van der Waals surface area contributed by atoms with Gasteiger partial charge in [0.25, 0.3) is 10.1 Å². The lowest BCUT2D eigenvalue weighted by molar-refractivity contribution is 0.299. The van der Waals surface area contributed by atoms with Gasteiger partial charge in [0.1, 0.15) is 0 Å². The molecule has 1 unspecified atom stereocenters. The maximum atomic E-state index is 11.9. The van der Waals surface area contributed by atoms with Crippen molar-refractivity contribution in [3.8, 4) is 0 Å². The Kier molecular flexibility index (Phi) is 7.91. The van der Waals surface area contributed by atoms with Crippen molar-refractivity contribution >= 4 is 10.1 Å². The monoisotopic (exact) mass is 275 g/mol. The quantitative estimate of drug-likeness (QED) is 0.474. The molecule has 0 bridgehead atoms. The molecule has 1 aliphatic rings. The molecule has 4 heteroatoms. The maximum absolute atomic E-state index is 11.9. The highest BCUT2D eigenvalue weighted by molar-refractivity contribution is 7.87. The van der Waals surface area contributed by atoms with Gasteiger partial charge in [-0.05, 0) is 25.7 Å². The minimum absolute atomic E-state index is 0.355. The molecular weight excluding hydrogens is 248 g/mol. The fraction of sp³-hybridized carbons (Fsp3) is 0.929. The Labute approximate surface area is 112 Å². The Balaban J connectivity index is 2.09. The first kappa shape index (κ1) is 16.0. The van der Waals surface area contributed by atoms with Crippen LogP contribution in [0.3, 0.4) is 0 Å². The van der Waals surface area contributed by atoms with E-state index in [1.807, 2.05) is 6.42 Å². The van der Waals surface area contributed by atoms with Crippen LogP contribution in [-0.2, 0) is 14.3 Å². The molecule has 1 rings (SSSR count). The molecule has 0 aromatic carbocycles. The molecule has 0 N–H and O–H groups in total. The first-order valence-electron chi connectivity index (χ1n) is 7.38.